The fourth-order valence-corrected chi connectivity index (χ4v) is 4.24. The van der Waals surface area contributed by atoms with Crippen molar-refractivity contribution in [1.29, 1.82) is 0 Å². The molecule has 0 aliphatic carbocycles. The molecule has 0 spiro atoms. The lowest BCUT2D eigenvalue weighted by molar-refractivity contribution is -0.138. The minimum atomic E-state index is -0.175. The van der Waals surface area contributed by atoms with Crippen LogP contribution in [-0.2, 0) is 11.2 Å². The molecule has 1 aromatic carbocycles. The number of rotatable bonds is 5. The number of nitrogens with zero attached hydrogens (tertiary/aromatic N) is 2. The van der Waals surface area contributed by atoms with E-state index >= 15 is 0 Å². The molecule has 0 bridgehead atoms. The standard InChI is InChI=1S/C23H33FN2O/c1-18(2)7-12-25-13-10-21(11-14-25)23(27)26-15-8-20(9-16-26)17-19-3-5-22(24)6-4-19/h3-7,20-21H,8-17H2,1-2H3. The summed E-state index contributed by atoms with van der Waals surface area (Å²) in [6.07, 6.45) is 7.36. The van der Waals surface area contributed by atoms with Crippen LogP contribution in [0.2, 0.25) is 0 Å². The summed E-state index contributed by atoms with van der Waals surface area (Å²) in [5.41, 5.74) is 2.56. The van der Waals surface area contributed by atoms with Crippen molar-refractivity contribution >= 4 is 5.91 Å². The summed E-state index contributed by atoms with van der Waals surface area (Å²) >= 11 is 0. The van der Waals surface area contributed by atoms with Gasteiger partial charge in [-0.2, -0.15) is 0 Å². The van der Waals surface area contributed by atoms with Gasteiger partial charge in [0.1, 0.15) is 5.82 Å². The number of benzene rings is 1. The van der Waals surface area contributed by atoms with Crippen LogP contribution in [-0.4, -0.2) is 48.4 Å². The molecule has 2 aliphatic heterocycles. The van der Waals surface area contributed by atoms with Gasteiger partial charge in [-0.05, 0) is 82.7 Å². The molecule has 2 heterocycles. The van der Waals surface area contributed by atoms with Gasteiger partial charge in [0.2, 0.25) is 5.91 Å². The number of amides is 1. The fraction of sp³-hybridized carbons (Fsp3) is 0.609. The van der Waals surface area contributed by atoms with Gasteiger partial charge in [-0.1, -0.05) is 23.8 Å². The predicted molar refractivity (Wildman–Crippen MR) is 108 cm³/mol. The highest BCUT2D eigenvalue weighted by Gasteiger charge is 2.30. The monoisotopic (exact) mass is 372 g/mol. The maximum atomic E-state index is 13.0. The Morgan fingerprint density at radius 1 is 1.04 bits per heavy atom. The summed E-state index contributed by atoms with van der Waals surface area (Å²) in [5, 5.41) is 0. The Labute approximate surface area is 163 Å². The highest BCUT2D eigenvalue weighted by atomic mass is 19.1. The molecule has 27 heavy (non-hydrogen) atoms. The van der Waals surface area contributed by atoms with Crippen LogP contribution in [0.25, 0.3) is 0 Å². The Morgan fingerprint density at radius 3 is 2.26 bits per heavy atom. The topological polar surface area (TPSA) is 23.6 Å². The summed E-state index contributed by atoms with van der Waals surface area (Å²) in [7, 11) is 0. The zero-order chi connectivity index (χ0) is 19.2. The lowest BCUT2D eigenvalue weighted by atomic mass is 9.88. The Kier molecular flexibility index (Phi) is 7.06. The Morgan fingerprint density at radius 2 is 1.67 bits per heavy atom. The molecule has 0 radical (unpaired) electrons. The van der Waals surface area contributed by atoms with Crippen LogP contribution in [0.15, 0.2) is 35.9 Å². The second kappa shape index (κ2) is 9.50. The Hall–Kier alpha value is -1.68. The van der Waals surface area contributed by atoms with Crippen LogP contribution in [0.1, 0.15) is 45.1 Å². The number of hydrogen-bond acceptors (Lipinski definition) is 2. The number of allylic oxidation sites excluding steroid dienone is 1. The zero-order valence-corrected chi connectivity index (χ0v) is 16.8. The second-order valence-corrected chi connectivity index (χ2v) is 8.46. The highest BCUT2D eigenvalue weighted by Crippen LogP contribution is 2.26. The van der Waals surface area contributed by atoms with E-state index in [1.165, 1.54) is 23.3 Å². The number of halogens is 1. The van der Waals surface area contributed by atoms with Crippen molar-refractivity contribution < 1.29 is 9.18 Å². The molecule has 0 N–H and O–H groups in total. The van der Waals surface area contributed by atoms with Gasteiger partial charge in [0.25, 0.3) is 0 Å². The number of hydrogen-bond donors (Lipinski definition) is 0. The molecular formula is C23H33FN2O. The van der Waals surface area contributed by atoms with Gasteiger partial charge < -0.3 is 4.90 Å². The summed E-state index contributed by atoms with van der Waals surface area (Å²) in [5.74, 6) is 1.01. The molecule has 0 unspecified atom stereocenters. The molecule has 2 fully saturated rings. The molecule has 2 saturated heterocycles. The van der Waals surface area contributed by atoms with E-state index in [-0.39, 0.29) is 11.7 Å². The molecule has 1 amide bonds. The second-order valence-electron chi connectivity index (χ2n) is 8.46. The smallest absolute Gasteiger partial charge is 0.225 e. The van der Waals surface area contributed by atoms with Gasteiger partial charge in [-0.15, -0.1) is 0 Å². The van der Waals surface area contributed by atoms with E-state index in [2.05, 4.69) is 29.7 Å². The van der Waals surface area contributed by atoms with Crippen molar-refractivity contribution in [2.24, 2.45) is 11.8 Å². The first kappa shape index (κ1) is 20.1. The van der Waals surface area contributed by atoms with Gasteiger partial charge >= 0.3 is 0 Å². The van der Waals surface area contributed by atoms with E-state index < -0.39 is 0 Å². The molecule has 3 nitrogen and oxygen atoms in total. The summed E-state index contributed by atoms with van der Waals surface area (Å²) < 4.78 is 13.0. The Bertz CT molecular complexity index is 635. The van der Waals surface area contributed by atoms with Crippen LogP contribution in [0.4, 0.5) is 4.39 Å². The molecule has 3 rings (SSSR count). The summed E-state index contributed by atoms with van der Waals surface area (Å²) in [6.45, 7) is 9.10. The zero-order valence-electron chi connectivity index (χ0n) is 16.8. The third-order valence-corrected chi connectivity index (χ3v) is 6.06. The molecule has 0 atom stereocenters. The van der Waals surface area contributed by atoms with Crippen LogP contribution < -0.4 is 0 Å². The maximum Gasteiger partial charge on any atom is 0.225 e. The van der Waals surface area contributed by atoms with Crippen LogP contribution in [0, 0.1) is 17.7 Å². The first-order chi connectivity index (χ1) is 13.0. The first-order valence-electron chi connectivity index (χ1n) is 10.4. The minimum Gasteiger partial charge on any atom is -0.342 e. The maximum absolute atomic E-state index is 13.0. The molecule has 4 heteroatoms. The number of carbonyl (C=O) groups is 1. The normalized spacial score (nSPS) is 19.9. The summed E-state index contributed by atoms with van der Waals surface area (Å²) in [4.78, 5) is 17.4. The number of carbonyl (C=O) groups excluding carboxylic acids is 1. The third-order valence-electron chi connectivity index (χ3n) is 6.06. The average molecular weight is 373 g/mol. The van der Waals surface area contributed by atoms with E-state index in [1.54, 1.807) is 0 Å². The lowest BCUT2D eigenvalue weighted by Crippen LogP contribution is -2.45. The van der Waals surface area contributed by atoms with Gasteiger partial charge in [-0.25, -0.2) is 4.39 Å². The highest BCUT2D eigenvalue weighted by molar-refractivity contribution is 5.79. The molecule has 148 valence electrons. The molecule has 0 saturated carbocycles. The van der Waals surface area contributed by atoms with Crippen molar-refractivity contribution in [3.63, 3.8) is 0 Å². The predicted octanol–water partition coefficient (Wildman–Crippen LogP) is 4.29. The van der Waals surface area contributed by atoms with E-state index in [0.717, 1.165) is 64.8 Å². The van der Waals surface area contributed by atoms with Gasteiger partial charge in [0.05, 0.1) is 0 Å². The van der Waals surface area contributed by atoms with Crippen molar-refractivity contribution in [1.82, 2.24) is 9.80 Å². The van der Waals surface area contributed by atoms with Crippen LogP contribution in [0.5, 0.6) is 0 Å². The van der Waals surface area contributed by atoms with Gasteiger partial charge in [-0.3, -0.25) is 9.69 Å². The molecule has 2 aliphatic rings. The van der Waals surface area contributed by atoms with E-state index in [0.29, 0.717) is 11.8 Å². The third kappa shape index (κ3) is 5.90. The largest absolute Gasteiger partial charge is 0.342 e. The van der Waals surface area contributed by atoms with Gasteiger partial charge in [0, 0.05) is 25.6 Å². The average Bonchev–Trinajstić information content (AvgIpc) is 2.68. The SMILES string of the molecule is CC(C)=CCN1CCC(C(=O)N2CCC(Cc3ccc(F)cc3)CC2)CC1. The van der Waals surface area contributed by atoms with Crippen LogP contribution in [0.3, 0.4) is 0 Å². The molecule has 0 aromatic heterocycles. The van der Waals surface area contributed by atoms with E-state index in [1.807, 2.05) is 12.1 Å². The van der Waals surface area contributed by atoms with Gasteiger partial charge in [0.15, 0.2) is 0 Å². The number of piperidine rings is 2. The lowest BCUT2D eigenvalue weighted by Gasteiger charge is -2.37. The quantitative estimate of drug-likeness (QED) is 0.720. The van der Waals surface area contributed by atoms with E-state index in [9.17, 15) is 9.18 Å². The molecular weight excluding hydrogens is 339 g/mol. The first-order valence-corrected chi connectivity index (χ1v) is 10.4. The van der Waals surface area contributed by atoms with E-state index in [4.69, 9.17) is 0 Å². The summed E-state index contributed by atoms with van der Waals surface area (Å²) in [6, 6.07) is 6.85. The molecule has 1 aromatic rings. The van der Waals surface area contributed by atoms with Crippen molar-refractivity contribution in [2.75, 3.05) is 32.7 Å². The van der Waals surface area contributed by atoms with Crippen molar-refractivity contribution in [2.45, 2.75) is 46.0 Å². The van der Waals surface area contributed by atoms with Crippen molar-refractivity contribution in [3.8, 4) is 0 Å². The number of likely N-dealkylation sites (tertiary alicyclic amines) is 2. The minimum absolute atomic E-state index is 0.175. The van der Waals surface area contributed by atoms with Crippen molar-refractivity contribution in [3.05, 3.63) is 47.3 Å². The van der Waals surface area contributed by atoms with Crippen LogP contribution >= 0.6 is 0 Å². The Balaban J connectivity index is 1.41. The fourth-order valence-electron chi connectivity index (χ4n) is 4.24.